The fourth-order valence-electron chi connectivity index (χ4n) is 4.10. The molecule has 2 amide bonds. The number of nitrogens with one attached hydrogen (secondary N) is 1. The van der Waals surface area contributed by atoms with Crippen molar-refractivity contribution in [2.24, 2.45) is 11.7 Å². The van der Waals surface area contributed by atoms with Gasteiger partial charge in [0.15, 0.2) is 0 Å². The molecule has 0 unspecified atom stereocenters. The predicted molar refractivity (Wildman–Crippen MR) is 156 cm³/mol. The number of amides is 2. The van der Waals surface area contributed by atoms with Gasteiger partial charge in [0.1, 0.15) is 30.1 Å². The van der Waals surface area contributed by atoms with E-state index < -0.39 is 35.8 Å². The Kier molecular flexibility index (Phi) is 12.0. The third kappa shape index (κ3) is 9.35. The van der Waals surface area contributed by atoms with Gasteiger partial charge in [-0.1, -0.05) is 37.6 Å². The molecule has 3 rings (SSSR count). The number of hydrogen-bond acceptors (Lipinski definition) is 7. The largest absolute Gasteiger partial charge is 0.465 e. The van der Waals surface area contributed by atoms with Crippen molar-refractivity contribution < 1.29 is 32.6 Å². The number of aromatic nitrogens is 1. The molecule has 3 aromatic rings. The second-order valence-electron chi connectivity index (χ2n) is 10.2. The third-order valence-corrected chi connectivity index (χ3v) is 7.24. The lowest BCUT2D eigenvalue weighted by atomic mass is 10.1. The average molecular weight is 605 g/mol. The highest BCUT2D eigenvalue weighted by Crippen LogP contribution is 2.22. The highest BCUT2D eigenvalue weighted by molar-refractivity contribution is 6.31. The van der Waals surface area contributed by atoms with E-state index in [-0.39, 0.29) is 48.7 Å². The highest BCUT2D eigenvalue weighted by atomic mass is 35.5. The summed E-state index contributed by atoms with van der Waals surface area (Å²) in [5.41, 5.74) is 6.33. The van der Waals surface area contributed by atoms with Crippen LogP contribution in [0.15, 0.2) is 48.7 Å². The molecule has 1 heterocycles. The predicted octanol–water partition coefficient (Wildman–Crippen LogP) is 5.48. The van der Waals surface area contributed by atoms with Crippen LogP contribution in [-0.2, 0) is 25.5 Å². The Labute approximate surface area is 248 Å². The molecule has 0 bridgehead atoms. The Morgan fingerprint density at radius 2 is 1.86 bits per heavy atom. The molecule has 0 fully saturated rings. The summed E-state index contributed by atoms with van der Waals surface area (Å²) in [7, 11) is 1.57. The first kappa shape index (κ1) is 32.7. The van der Waals surface area contributed by atoms with Gasteiger partial charge in [0.25, 0.3) is 0 Å². The van der Waals surface area contributed by atoms with E-state index >= 15 is 0 Å². The molecular formula is C30H35ClF2N4O5. The standard InChI is InChI=1S/C30H35ClF2N4O5/c1-18(2)28(34)29(39)41-13-5-7-23(37(3)26(38)12-10-19-6-4-8-24(33)27(19)31)17-42-30(40)36-25-15-21-14-22(32)11-9-20(21)16-35-25/h4,6,8-9,11,14-16,18,23,28H,5,7,10,12-13,17,34H2,1-3H3,(H,35,36,40)/t23-,28-/m0/s1. The van der Waals surface area contributed by atoms with E-state index in [0.29, 0.717) is 29.2 Å². The number of hydrogen-bond donors (Lipinski definition) is 2. The molecule has 2 atom stereocenters. The fraction of sp³-hybridized carbons (Fsp3) is 0.400. The molecule has 12 heteroatoms. The highest BCUT2D eigenvalue weighted by Gasteiger charge is 2.23. The minimum Gasteiger partial charge on any atom is -0.465 e. The Morgan fingerprint density at radius 3 is 2.60 bits per heavy atom. The number of anilines is 1. The lowest BCUT2D eigenvalue weighted by Crippen LogP contribution is -2.41. The van der Waals surface area contributed by atoms with Crippen molar-refractivity contribution in [3.05, 3.63) is 70.9 Å². The van der Waals surface area contributed by atoms with E-state index in [4.69, 9.17) is 26.8 Å². The van der Waals surface area contributed by atoms with Crippen molar-refractivity contribution in [1.82, 2.24) is 9.88 Å². The zero-order chi connectivity index (χ0) is 30.8. The van der Waals surface area contributed by atoms with Crippen LogP contribution in [0, 0.1) is 17.6 Å². The molecule has 0 aliphatic rings. The zero-order valence-corrected chi connectivity index (χ0v) is 24.5. The van der Waals surface area contributed by atoms with Crippen LogP contribution in [0.5, 0.6) is 0 Å². The second-order valence-corrected chi connectivity index (χ2v) is 10.6. The molecule has 0 radical (unpaired) electrons. The summed E-state index contributed by atoms with van der Waals surface area (Å²) in [6.45, 7) is 3.53. The van der Waals surface area contributed by atoms with Gasteiger partial charge < -0.3 is 20.1 Å². The Balaban J connectivity index is 1.61. The normalized spacial score (nSPS) is 12.6. The van der Waals surface area contributed by atoms with Crippen LogP contribution in [0.4, 0.5) is 19.4 Å². The number of rotatable bonds is 13. The summed E-state index contributed by atoms with van der Waals surface area (Å²) < 4.78 is 38.1. The molecule has 0 saturated carbocycles. The van der Waals surface area contributed by atoms with Crippen molar-refractivity contribution in [1.29, 1.82) is 0 Å². The fourth-order valence-corrected chi connectivity index (χ4v) is 4.33. The minimum atomic E-state index is -0.815. The zero-order valence-electron chi connectivity index (χ0n) is 23.7. The molecule has 2 aromatic carbocycles. The first-order chi connectivity index (χ1) is 20.0. The molecule has 3 N–H and O–H groups in total. The van der Waals surface area contributed by atoms with Crippen molar-refractivity contribution >= 4 is 46.2 Å². The number of halogens is 3. The number of carbonyl (C=O) groups excluding carboxylic acids is 3. The van der Waals surface area contributed by atoms with Crippen molar-refractivity contribution in [3.8, 4) is 0 Å². The van der Waals surface area contributed by atoms with E-state index in [1.165, 1.54) is 41.4 Å². The monoisotopic (exact) mass is 604 g/mol. The van der Waals surface area contributed by atoms with Crippen LogP contribution in [-0.4, -0.2) is 60.2 Å². The van der Waals surface area contributed by atoms with Crippen LogP contribution in [0.3, 0.4) is 0 Å². The van der Waals surface area contributed by atoms with E-state index in [2.05, 4.69) is 10.3 Å². The molecule has 0 aliphatic heterocycles. The second kappa shape index (κ2) is 15.4. The summed E-state index contributed by atoms with van der Waals surface area (Å²) in [6.07, 6.45) is 1.65. The number of fused-ring (bicyclic) bond motifs is 1. The summed E-state index contributed by atoms with van der Waals surface area (Å²) in [5.74, 6) is -1.69. The van der Waals surface area contributed by atoms with E-state index in [9.17, 15) is 23.2 Å². The van der Waals surface area contributed by atoms with Gasteiger partial charge in [0.05, 0.1) is 17.7 Å². The number of aryl methyl sites for hydroxylation is 1. The maximum Gasteiger partial charge on any atom is 0.412 e. The smallest absolute Gasteiger partial charge is 0.412 e. The maximum atomic E-state index is 13.8. The number of nitrogens with zero attached hydrogens (tertiary/aromatic N) is 2. The quantitative estimate of drug-likeness (QED) is 0.195. The van der Waals surface area contributed by atoms with Gasteiger partial charge in [0, 0.05) is 25.1 Å². The van der Waals surface area contributed by atoms with Gasteiger partial charge >= 0.3 is 12.1 Å². The third-order valence-electron chi connectivity index (χ3n) is 6.82. The summed E-state index contributed by atoms with van der Waals surface area (Å²) in [6, 6.07) is 8.83. The van der Waals surface area contributed by atoms with Gasteiger partial charge in [-0.2, -0.15) is 0 Å². The average Bonchev–Trinajstić information content (AvgIpc) is 2.96. The first-order valence-corrected chi connectivity index (χ1v) is 13.9. The van der Waals surface area contributed by atoms with Crippen LogP contribution < -0.4 is 11.1 Å². The minimum absolute atomic E-state index is 0.0315. The van der Waals surface area contributed by atoms with E-state index in [0.717, 1.165) is 0 Å². The molecular weight excluding hydrogens is 570 g/mol. The lowest BCUT2D eigenvalue weighted by molar-refractivity contribution is -0.146. The maximum absolute atomic E-state index is 13.8. The summed E-state index contributed by atoms with van der Waals surface area (Å²) >= 11 is 6.02. The van der Waals surface area contributed by atoms with E-state index in [1.54, 1.807) is 19.2 Å². The number of ether oxygens (including phenoxy) is 2. The van der Waals surface area contributed by atoms with Gasteiger partial charge in [-0.3, -0.25) is 14.9 Å². The molecule has 0 aliphatic carbocycles. The Hall–Kier alpha value is -3.83. The van der Waals surface area contributed by atoms with Gasteiger partial charge in [-0.15, -0.1) is 0 Å². The SMILES string of the molecule is CC(C)[C@H](N)C(=O)OCCC[C@@H](COC(=O)Nc1cc2cc(F)ccc2cn1)N(C)C(=O)CCc1cccc(F)c1Cl. The van der Waals surface area contributed by atoms with Crippen LogP contribution in [0.1, 0.15) is 38.7 Å². The van der Waals surface area contributed by atoms with Crippen LogP contribution in [0.2, 0.25) is 5.02 Å². The van der Waals surface area contributed by atoms with Crippen molar-refractivity contribution in [2.45, 2.75) is 51.6 Å². The van der Waals surface area contributed by atoms with Crippen LogP contribution in [0.25, 0.3) is 10.8 Å². The Morgan fingerprint density at radius 1 is 1.10 bits per heavy atom. The number of likely N-dealkylation sites (N-methyl/N-ethyl adjacent to an activating group) is 1. The number of esters is 1. The van der Waals surface area contributed by atoms with Gasteiger partial charge in [-0.05, 0) is 66.5 Å². The Bertz CT molecular complexity index is 1410. The number of benzene rings is 2. The summed E-state index contributed by atoms with van der Waals surface area (Å²) in [5, 5.41) is 3.73. The van der Waals surface area contributed by atoms with Crippen molar-refractivity contribution in [2.75, 3.05) is 25.6 Å². The van der Waals surface area contributed by atoms with Gasteiger partial charge in [-0.25, -0.2) is 18.6 Å². The lowest BCUT2D eigenvalue weighted by Gasteiger charge is -2.28. The number of carbonyl (C=O) groups is 3. The molecule has 1 aromatic heterocycles. The number of pyridine rings is 1. The van der Waals surface area contributed by atoms with Gasteiger partial charge in [0.2, 0.25) is 5.91 Å². The summed E-state index contributed by atoms with van der Waals surface area (Å²) in [4.78, 5) is 43.3. The topological polar surface area (TPSA) is 124 Å². The first-order valence-electron chi connectivity index (χ1n) is 13.6. The van der Waals surface area contributed by atoms with E-state index in [1.807, 2.05) is 13.8 Å². The number of nitrogens with two attached hydrogens (primary N) is 1. The molecule has 226 valence electrons. The molecule has 0 spiro atoms. The molecule has 9 nitrogen and oxygen atoms in total. The molecule has 0 saturated heterocycles. The van der Waals surface area contributed by atoms with Crippen molar-refractivity contribution in [3.63, 3.8) is 0 Å². The van der Waals surface area contributed by atoms with Crippen LogP contribution >= 0.6 is 11.6 Å². The molecule has 42 heavy (non-hydrogen) atoms.